The Bertz CT molecular complexity index is 877. The fraction of sp³-hybridized carbons (Fsp3) is 0.467. The predicted octanol–water partition coefficient (Wildman–Crippen LogP) is 1.98. The lowest BCUT2D eigenvalue weighted by Gasteiger charge is -2.27. The van der Waals surface area contributed by atoms with Crippen LogP contribution >= 0.6 is 0 Å². The van der Waals surface area contributed by atoms with Crippen LogP contribution in [0.25, 0.3) is 11.4 Å². The van der Waals surface area contributed by atoms with Crippen LogP contribution in [-0.4, -0.2) is 49.2 Å². The third-order valence-electron chi connectivity index (χ3n) is 3.97. The molecular weight excluding hydrogens is 389 g/mol. The van der Waals surface area contributed by atoms with Crippen LogP contribution in [0.2, 0.25) is 0 Å². The Morgan fingerprint density at radius 2 is 1.81 bits per heavy atom. The molecule has 2 heterocycles. The van der Waals surface area contributed by atoms with Crippen molar-refractivity contribution >= 4 is 10.2 Å². The molecule has 0 amide bonds. The van der Waals surface area contributed by atoms with Gasteiger partial charge in [-0.2, -0.15) is 35.6 Å². The van der Waals surface area contributed by atoms with Crippen LogP contribution in [0.3, 0.4) is 0 Å². The molecule has 1 aromatic carbocycles. The van der Waals surface area contributed by atoms with Crippen LogP contribution in [0.15, 0.2) is 28.8 Å². The molecule has 0 spiro atoms. The lowest BCUT2D eigenvalue weighted by atomic mass is 10.1. The second kappa shape index (κ2) is 7.54. The lowest BCUT2D eigenvalue weighted by molar-refractivity contribution is -0.159. The number of benzene rings is 1. The SMILES string of the molecule is CC(NS(=O)(=O)N1CCOCC1)c1ccc(-c2noc(C(F)(F)F)n2)cc1. The first-order valence-electron chi connectivity index (χ1n) is 8.03. The summed E-state index contributed by atoms with van der Waals surface area (Å²) in [4.78, 5) is 3.31. The monoisotopic (exact) mass is 406 g/mol. The number of alkyl halides is 3. The first kappa shape index (κ1) is 19.7. The third kappa shape index (κ3) is 4.64. The van der Waals surface area contributed by atoms with Crippen molar-refractivity contribution in [3.05, 3.63) is 35.7 Å². The predicted molar refractivity (Wildman–Crippen MR) is 87.6 cm³/mol. The van der Waals surface area contributed by atoms with E-state index in [1.165, 1.54) is 16.4 Å². The van der Waals surface area contributed by atoms with Crippen LogP contribution in [0.5, 0.6) is 0 Å². The zero-order valence-electron chi connectivity index (χ0n) is 14.2. The smallest absolute Gasteiger partial charge is 0.379 e. The highest BCUT2D eigenvalue weighted by Crippen LogP contribution is 2.29. The van der Waals surface area contributed by atoms with E-state index >= 15 is 0 Å². The number of aromatic nitrogens is 2. The van der Waals surface area contributed by atoms with Crippen LogP contribution < -0.4 is 4.72 Å². The Hall–Kier alpha value is -2.02. The number of ether oxygens (including phenoxy) is 1. The Morgan fingerprint density at radius 3 is 2.37 bits per heavy atom. The quantitative estimate of drug-likeness (QED) is 0.816. The summed E-state index contributed by atoms with van der Waals surface area (Å²) in [6.45, 7) is 2.91. The van der Waals surface area contributed by atoms with Crippen molar-refractivity contribution in [3.63, 3.8) is 0 Å². The van der Waals surface area contributed by atoms with Crippen molar-refractivity contribution in [3.8, 4) is 11.4 Å². The van der Waals surface area contributed by atoms with Crippen molar-refractivity contribution in [2.24, 2.45) is 0 Å². The van der Waals surface area contributed by atoms with Gasteiger partial charge < -0.3 is 9.26 Å². The summed E-state index contributed by atoms with van der Waals surface area (Å²) in [5.74, 6) is -1.62. The fourth-order valence-corrected chi connectivity index (χ4v) is 3.89. The van der Waals surface area contributed by atoms with Gasteiger partial charge in [0.1, 0.15) is 0 Å². The summed E-state index contributed by atoms with van der Waals surface area (Å²) in [5.41, 5.74) is 0.955. The molecule has 0 saturated carbocycles. The number of nitrogens with one attached hydrogen (secondary N) is 1. The molecule has 0 radical (unpaired) electrons. The third-order valence-corrected chi connectivity index (χ3v) is 5.67. The molecule has 8 nitrogen and oxygen atoms in total. The molecule has 1 aromatic heterocycles. The molecule has 2 aromatic rings. The van der Waals surface area contributed by atoms with Crippen molar-refractivity contribution in [1.29, 1.82) is 0 Å². The molecule has 1 N–H and O–H groups in total. The van der Waals surface area contributed by atoms with E-state index in [9.17, 15) is 21.6 Å². The summed E-state index contributed by atoms with van der Waals surface area (Å²) in [6, 6.07) is 5.64. The summed E-state index contributed by atoms with van der Waals surface area (Å²) < 4.78 is 75.5. The second-order valence-corrected chi connectivity index (χ2v) is 7.60. The zero-order valence-corrected chi connectivity index (χ0v) is 15.0. The molecule has 0 aliphatic carbocycles. The topological polar surface area (TPSA) is 97.6 Å². The van der Waals surface area contributed by atoms with Crippen LogP contribution in [0, 0.1) is 0 Å². The van der Waals surface area contributed by atoms with Crippen molar-refractivity contribution in [2.75, 3.05) is 26.3 Å². The number of rotatable bonds is 5. The molecule has 0 bridgehead atoms. The summed E-state index contributed by atoms with van der Waals surface area (Å²) in [6.07, 6.45) is -4.71. The summed E-state index contributed by atoms with van der Waals surface area (Å²) in [5, 5.41) is 3.31. The minimum atomic E-state index is -4.71. The van der Waals surface area contributed by atoms with Crippen molar-refractivity contribution in [1.82, 2.24) is 19.2 Å². The fourth-order valence-electron chi connectivity index (χ4n) is 2.53. The summed E-state index contributed by atoms with van der Waals surface area (Å²) in [7, 11) is -3.67. The number of halogens is 3. The Labute approximate surface area is 153 Å². The van der Waals surface area contributed by atoms with Gasteiger partial charge in [0.2, 0.25) is 5.82 Å². The Morgan fingerprint density at radius 1 is 1.19 bits per heavy atom. The highest BCUT2D eigenvalue weighted by atomic mass is 32.2. The average molecular weight is 406 g/mol. The van der Waals surface area contributed by atoms with Gasteiger partial charge in [-0.05, 0) is 12.5 Å². The van der Waals surface area contributed by atoms with Crippen molar-refractivity contribution < 1.29 is 30.8 Å². The molecule has 3 rings (SSSR count). The van der Waals surface area contributed by atoms with Crippen molar-refractivity contribution in [2.45, 2.75) is 19.1 Å². The number of nitrogens with zero attached hydrogens (tertiary/aromatic N) is 3. The van der Waals surface area contributed by atoms with E-state index in [1.807, 2.05) is 0 Å². The maximum atomic E-state index is 12.5. The molecule has 1 atom stereocenters. The summed E-state index contributed by atoms with van der Waals surface area (Å²) >= 11 is 0. The molecule has 1 unspecified atom stereocenters. The molecule has 1 aliphatic heterocycles. The molecule has 1 saturated heterocycles. The lowest BCUT2D eigenvalue weighted by Crippen LogP contribution is -2.47. The number of hydrogen-bond acceptors (Lipinski definition) is 6. The molecule has 12 heteroatoms. The Balaban J connectivity index is 1.70. The standard InChI is InChI=1S/C15H17F3N4O4S/c1-10(21-27(23,24)22-6-8-25-9-7-22)11-2-4-12(5-3-11)13-19-14(26-20-13)15(16,17)18/h2-5,10,21H,6-9H2,1H3. The van der Waals surface area contributed by atoms with E-state index in [0.717, 1.165) is 0 Å². The van der Waals surface area contributed by atoms with Gasteiger partial charge in [0.15, 0.2) is 0 Å². The van der Waals surface area contributed by atoms with Gasteiger partial charge in [-0.25, -0.2) is 0 Å². The maximum Gasteiger partial charge on any atom is 0.471 e. The van der Waals surface area contributed by atoms with Gasteiger partial charge in [0.05, 0.1) is 13.2 Å². The molecule has 148 valence electrons. The van der Waals surface area contributed by atoms with Crippen LogP contribution in [0.4, 0.5) is 13.2 Å². The molecule has 1 fully saturated rings. The van der Waals surface area contributed by atoms with E-state index in [1.54, 1.807) is 19.1 Å². The zero-order chi connectivity index (χ0) is 19.7. The largest absolute Gasteiger partial charge is 0.471 e. The normalized spacial score (nSPS) is 17.8. The minimum absolute atomic E-state index is 0.199. The van der Waals surface area contributed by atoms with Gasteiger partial charge in [-0.1, -0.05) is 29.4 Å². The van der Waals surface area contributed by atoms with Gasteiger partial charge in [-0.15, -0.1) is 0 Å². The first-order chi connectivity index (χ1) is 12.7. The highest BCUT2D eigenvalue weighted by molar-refractivity contribution is 7.87. The minimum Gasteiger partial charge on any atom is -0.379 e. The van der Waals surface area contributed by atoms with E-state index in [4.69, 9.17) is 4.74 Å². The van der Waals surface area contributed by atoms with E-state index < -0.39 is 28.3 Å². The second-order valence-electron chi connectivity index (χ2n) is 5.90. The molecular formula is C15H17F3N4O4S. The first-order valence-corrected chi connectivity index (χ1v) is 9.47. The number of hydrogen-bond donors (Lipinski definition) is 1. The average Bonchev–Trinajstić information content (AvgIpc) is 3.13. The van der Waals surface area contributed by atoms with Crippen LogP contribution in [-0.2, 0) is 21.1 Å². The number of morpholine rings is 1. The molecule has 27 heavy (non-hydrogen) atoms. The van der Waals surface area contributed by atoms with Gasteiger partial charge in [-0.3, -0.25) is 0 Å². The maximum absolute atomic E-state index is 12.5. The van der Waals surface area contributed by atoms with Gasteiger partial charge in [0.25, 0.3) is 10.2 Å². The van der Waals surface area contributed by atoms with E-state index in [2.05, 4.69) is 19.4 Å². The van der Waals surface area contributed by atoms with Gasteiger partial charge in [0, 0.05) is 24.7 Å². The highest BCUT2D eigenvalue weighted by Gasteiger charge is 2.38. The van der Waals surface area contributed by atoms with E-state index in [-0.39, 0.29) is 18.9 Å². The molecule has 1 aliphatic rings. The van der Waals surface area contributed by atoms with Crippen LogP contribution in [0.1, 0.15) is 24.4 Å². The van der Waals surface area contributed by atoms with E-state index in [0.29, 0.717) is 24.3 Å². The Kier molecular flexibility index (Phi) is 5.51. The van der Waals surface area contributed by atoms with Gasteiger partial charge >= 0.3 is 12.1 Å².